The minimum atomic E-state index is -1.16. The van der Waals surface area contributed by atoms with Gasteiger partial charge in [0.25, 0.3) is 17.5 Å². The van der Waals surface area contributed by atoms with E-state index in [1.807, 2.05) is 0 Å². The molecule has 186 valence electrons. The highest BCUT2D eigenvalue weighted by Crippen LogP contribution is 2.29. The summed E-state index contributed by atoms with van der Waals surface area (Å²) in [5.74, 6) is -2.45. The fraction of sp³-hybridized carbons (Fsp3) is 0.0400. The summed E-state index contributed by atoms with van der Waals surface area (Å²) in [6.07, 6.45) is 1.31. The van der Waals surface area contributed by atoms with Crippen LogP contribution in [0.4, 0.5) is 16.2 Å². The molecule has 12 heteroatoms. The molecule has 0 atom stereocenters. The fourth-order valence-corrected chi connectivity index (χ4v) is 3.92. The number of hydrogen-bond acceptors (Lipinski definition) is 7. The number of imide groups is 2. The summed E-state index contributed by atoms with van der Waals surface area (Å²) < 4.78 is 6.27. The van der Waals surface area contributed by atoms with Crippen LogP contribution in [0.25, 0.3) is 6.08 Å². The zero-order valence-corrected chi connectivity index (χ0v) is 20.3. The summed E-state index contributed by atoms with van der Waals surface area (Å²) >= 11 is 3.38. The van der Waals surface area contributed by atoms with Crippen molar-refractivity contribution in [3.05, 3.63) is 104 Å². The van der Waals surface area contributed by atoms with E-state index in [2.05, 4.69) is 21.2 Å². The van der Waals surface area contributed by atoms with Crippen molar-refractivity contribution in [2.45, 2.75) is 6.61 Å². The van der Waals surface area contributed by atoms with Gasteiger partial charge in [-0.1, -0.05) is 6.07 Å². The van der Waals surface area contributed by atoms with Gasteiger partial charge in [-0.05, 0) is 81.7 Å². The summed E-state index contributed by atoms with van der Waals surface area (Å²) in [4.78, 5) is 59.9. The molecule has 4 rings (SSSR count). The Kier molecular flexibility index (Phi) is 7.11. The largest absolute Gasteiger partial charge is 0.488 e. The molecule has 37 heavy (non-hydrogen) atoms. The average molecular weight is 566 g/mol. The number of non-ortho nitro benzene ring substituents is 1. The van der Waals surface area contributed by atoms with Crippen LogP contribution in [0.5, 0.6) is 5.75 Å². The first-order valence-corrected chi connectivity index (χ1v) is 11.3. The number of carbonyl (C=O) groups excluding carboxylic acids is 3. The number of ether oxygens (including phenoxy) is 1. The van der Waals surface area contributed by atoms with Gasteiger partial charge < -0.3 is 9.84 Å². The second-order valence-electron chi connectivity index (χ2n) is 7.71. The number of aromatic carboxylic acids is 1. The molecule has 1 aliphatic heterocycles. The normalized spacial score (nSPS) is 14.5. The Morgan fingerprint density at radius 2 is 1.73 bits per heavy atom. The summed E-state index contributed by atoms with van der Waals surface area (Å²) in [5, 5.41) is 21.9. The Hall–Kier alpha value is -4.84. The molecular formula is C25H16BrN3O8. The Morgan fingerprint density at radius 3 is 2.32 bits per heavy atom. The van der Waals surface area contributed by atoms with Crippen molar-refractivity contribution in [3.8, 4) is 5.75 Å². The molecule has 3 aromatic carbocycles. The molecular weight excluding hydrogens is 550 g/mol. The second kappa shape index (κ2) is 10.4. The number of anilines is 1. The van der Waals surface area contributed by atoms with E-state index in [0.29, 0.717) is 21.3 Å². The maximum absolute atomic E-state index is 13.0. The molecule has 1 heterocycles. The predicted octanol–water partition coefficient (Wildman–Crippen LogP) is 4.30. The van der Waals surface area contributed by atoms with Crippen LogP contribution in [-0.2, 0) is 16.2 Å². The highest BCUT2D eigenvalue weighted by Gasteiger charge is 2.36. The minimum Gasteiger partial charge on any atom is -0.488 e. The van der Waals surface area contributed by atoms with Gasteiger partial charge in [0.05, 0.1) is 20.6 Å². The molecule has 1 aliphatic rings. The molecule has 1 fully saturated rings. The molecule has 11 nitrogen and oxygen atoms in total. The molecule has 0 unspecified atom stereocenters. The van der Waals surface area contributed by atoms with Crippen molar-refractivity contribution in [3.63, 3.8) is 0 Å². The lowest BCUT2D eigenvalue weighted by Gasteiger charge is -2.26. The van der Waals surface area contributed by atoms with E-state index in [9.17, 15) is 29.3 Å². The van der Waals surface area contributed by atoms with Gasteiger partial charge in [-0.3, -0.25) is 25.0 Å². The molecule has 0 radical (unpaired) electrons. The van der Waals surface area contributed by atoms with E-state index in [0.717, 1.165) is 4.90 Å². The quantitative estimate of drug-likeness (QED) is 0.186. The number of carboxylic acid groups (broad SMARTS) is 1. The summed E-state index contributed by atoms with van der Waals surface area (Å²) in [5.41, 5.74) is 0.927. The van der Waals surface area contributed by atoms with Crippen LogP contribution in [0.3, 0.4) is 0 Å². The number of barbiturate groups is 1. The standard InChI is InChI=1S/C25H16BrN3O8/c26-20-12-15(3-10-21(20)37-13-14-1-6-18(7-2-14)29(35)36)11-19-22(30)27-25(34)28(23(19)31)17-8-4-16(5-9-17)24(32)33/h1-12H,13H2,(H,32,33)(H,27,30,34)/b19-11+. The number of carbonyl (C=O) groups is 4. The van der Waals surface area contributed by atoms with Gasteiger partial charge in [0.15, 0.2) is 0 Å². The van der Waals surface area contributed by atoms with Crippen LogP contribution in [-0.4, -0.2) is 33.8 Å². The van der Waals surface area contributed by atoms with Crippen LogP contribution >= 0.6 is 15.9 Å². The molecule has 0 spiro atoms. The molecule has 1 saturated heterocycles. The highest BCUT2D eigenvalue weighted by atomic mass is 79.9. The maximum Gasteiger partial charge on any atom is 0.335 e. The Balaban J connectivity index is 1.52. The van der Waals surface area contributed by atoms with Gasteiger partial charge in [0.1, 0.15) is 17.9 Å². The lowest BCUT2D eigenvalue weighted by atomic mass is 10.1. The first-order chi connectivity index (χ1) is 17.6. The van der Waals surface area contributed by atoms with Crippen LogP contribution in [0.15, 0.2) is 76.8 Å². The van der Waals surface area contributed by atoms with Crippen LogP contribution in [0.2, 0.25) is 0 Å². The minimum absolute atomic E-state index is 0.0267. The van der Waals surface area contributed by atoms with Gasteiger partial charge in [-0.25, -0.2) is 14.5 Å². The number of halogens is 1. The van der Waals surface area contributed by atoms with E-state index in [1.165, 1.54) is 42.5 Å². The van der Waals surface area contributed by atoms with Crippen molar-refractivity contribution in [2.24, 2.45) is 0 Å². The molecule has 2 N–H and O–H groups in total. The number of nitro benzene ring substituents is 1. The van der Waals surface area contributed by atoms with Crippen molar-refractivity contribution in [1.82, 2.24) is 5.32 Å². The van der Waals surface area contributed by atoms with Gasteiger partial charge in [0, 0.05) is 12.1 Å². The topological polar surface area (TPSA) is 156 Å². The molecule has 0 saturated carbocycles. The summed E-state index contributed by atoms with van der Waals surface area (Å²) in [7, 11) is 0. The Bertz CT molecular complexity index is 1470. The third-order valence-electron chi connectivity index (χ3n) is 5.28. The number of benzene rings is 3. The van der Waals surface area contributed by atoms with Gasteiger partial charge in [0.2, 0.25) is 0 Å². The van der Waals surface area contributed by atoms with E-state index in [-0.39, 0.29) is 29.1 Å². The van der Waals surface area contributed by atoms with E-state index >= 15 is 0 Å². The van der Waals surface area contributed by atoms with Crippen molar-refractivity contribution < 1.29 is 33.9 Å². The molecule has 0 bridgehead atoms. The monoisotopic (exact) mass is 565 g/mol. The third kappa shape index (κ3) is 5.54. The summed E-state index contributed by atoms with van der Waals surface area (Å²) in [6, 6.07) is 14.9. The number of amides is 4. The van der Waals surface area contributed by atoms with Crippen molar-refractivity contribution >= 4 is 57.2 Å². The SMILES string of the molecule is O=C1NC(=O)N(c2ccc(C(=O)O)cc2)C(=O)/C1=C/c1ccc(OCc2ccc([N+](=O)[O-])cc2)c(Br)c1. The first kappa shape index (κ1) is 25.3. The van der Waals surface area contributed by atoms with Crippen LogP contribution in [0.1, 0.15) is 21.5 Å². The van der Waals surface area contributed by atoms with Crippen molar-refractivity contribution in [2.75, 3.05) is 4.90 Å². The lowest BCUT2D eigenvalue weighted by molar-refractivity contribution is -0.384. The molecule has 3 aromatic rings. The molecule has 4 amide bonds. The number of hydrogen-bond donors (Lipinski definition) is 2. The van der Waals surface area contributed by atoms with Gasteiger partial charge >= 0.3 is 12.0 Å². The number of rotatable bonds is 7. The lowest BCUT2D eigenvalue weighted by Crippen LogP contribution is -2.54. The summed E-state index contributed by atoms with van der Waals surface area (Å²) in [6.45, 7) is 0.148. The number of nitrogens with zero attached hydrogens (tertiary/aromatic N) is 2. The highest BCUT2D eigenvalue weighted by molar-refractivity contribution is 9.10. The van der Waals surface area contributed by atoms with Crippen LogP contribution < -0.4 is 15.0 Å². The van der Waals surface area contributed by atoms with Gasteiger partial charge in [-0.15, -0.1) is 0 Å². The number of urea groups is 1. The number of carboxylic acids is 1. The molecule has 0 aromatic heterocycles. The molecule has 0 aliphatic carbocycles. The Morgan fingerprint density at radius 1 is 1.05 bits per heavy atom. The van der Waals surface area contributed by atoms with E-state index in [4.69, 9.17) is 9.84 Å². The fourth-order valence-electron chi connectivity index (χ4n) is 3.41. The maximum atomic E-state index is 13.0. The van der Waals surface area contributed by atoms with E-state index < -0.39 is 28.7 Å². The smallest absolute Gasteiger partial charge is 0.335 e. The first-order valence-electron chi connectivity index (χ1n) is 10.5. The van der Waals surface area contributed by atoms with Gasteiger partial charge in [-0.2, -0.15) is 0 Å². The zero-order chi connectivity index (χ0) is 26.7. The van der Waals surface area contributed by atoms with E-state index in [1.54, 1.807) is 30.3 Å². The van der Waals surface area contributed by atoms with Crippen LogP contribution in [0, 0.1) is 10.1 Å². The third-order valence-corrected chi connectivity index (χ3v) is 5.90. The zero-order valence-electron chi connectivity index (χ0n) is 18.7. The predicted molar refractivity (Wildman–Crippen MR) is 134 cm³/mol. The Labute approximate surface area is 217 Å². The average Bonchev–Trinajstić information content (AvgIpc) is 2.86. The number of nitro groups is 1. The van der Waals surface area contributed by atoms with Crippen molar-refractivity contribution in [1.29, 1.82) is 0 Å². The second-order valence-corrected chi connectivity index (χ2v) is 8.57. The number of nitrogens with one attached hydrogen (secondary N) is 1.